The summed E-state index contributed by atoms with van der Waals surface area (Å²) in [5.41, 5.74) is 0.962. The van der Waals surface area contributed by atoms with Gasteiger partial charge in [0.15, 0.2) is 5.03 Å². The van der Waals surface area contributed by atoms with Crippen LogP contribution < -0.4 is 10.0 Å². The van der Waals surface area contributed by atoms with Gasteiger partial charge in [-0.3, -0.25) is 0 Å². The molecular weight excluding hydrogens is 288 g/mol. The van der Waals surface area contributed by atoms with E-state index in [9.17, 15) is 8.42 Å². The van der Waals surface area contributed by atoms with Gasteiger partial charge in [-0.2, -0.15) is 0 Å². The van der Waals surface area contributed by atoms with E-state index in [1.807, 2.05) is 14.1 Å². The molecular formula is C14H24N4O2S. The standard InChI is InChI=1S/C14H24N4O2S/c1-15-9-12-6-7-14(16-10-12)21(19,20)17-11-13-5-3-4-8-18(13)2/h6-7,10,13,15,17H,3-5,8-9,11H2,1-2H3. The van der Waals surface area contributed by atoms with Crippen LogP contribution in [0.15, 0.2) is 23.4 Å². The van der Waals surface area contributed by atoms with Crippen LogP contribution in [0.4, 0.5) is 0 Å². The molecule has 6 nitrogen and oxygen atoms in total. The summed E-state index contributed by atoms with van der Waals surface area (Å²) in [6.07, 6.45) is 4.98. The van der Waals surface area contributed by atoms with Gasteiger partial charge in [0.25, 0.3) is 10.0 Å². The Morgan fingerprint density at radius 3 is 2.81 bits per heavy atom. The van der Waals surface area contributed by atoms with Gasteiger partial charge in [-0.25, -0.2) is 18.1 Å². The number of likely N-dealkylation sites (N-methyl/N-ethyl adjacent to an activating group) is 1. The average molecular weight is 312 g/mol. The Bertz CT molecular complexity index is 545. The minimum atomic E-state index is -3.52. The van der Waals surface area contributed by atoms with Crippen LogP contribution in [0.25, 0.3) is 0 Å². The molecule has 0 aliphatic carbocycles. The van der Waals surface area contributed by atoms with Crippen LogP contribution in [0.3, 0.4) is 0 Å². The van der Waals surface area contributed by atoms with Gasteiger partial charge in [0.2, 0.25) is 0 Å². The maximum absolute atomic E-state index is 12.2. The van der Waals surface area contributed by atoms with E-state index < -0.39 is 10.0 Å². The predicted molar refractivity (Wildman–Crippen MR) is 82.5 cm³/mol. The fraction of sp³-hybridized carbons (Fsp3) is 0.643. The van der Waals surface area contributed by atoms with Gasteiger partial charge in [-0.05, 0) is 45.1 Å². The number of piperidine rings is 1. The zero-order valence-electron chi connectivity index (χ0n) is 12.7. The van der Waals surface area contributed by atoms with Crippen LogP contribution in [0, 0.1) is 0 Å². The molecule has 2 rings (SSSR count). The second-order valence-electron chi connectivity index (χ2n) is 5.52. The SMILES string of the molecule is CNCc1ccc(S(=O)(=O)NCC2CCCCN2C)nc1. The van der Waals surface area contributed by atoms with E-state index in [4.69, 9.17) is 0 Å². The zero-order valence-corrected chi connectivity index (χ0v) is 13.5. The molecule has 1 aliphatic heterocycles. The van der Waals surface area contributed by atoms with Crippen LogP contribution in [-0.4, -0.2) is 51.5 Å². The van der Waals surface area contributed by atoms with E-state index in [1.54, 1.807) is 18.3 Å². The molecule has 0 amide bonds. The van der Waals surface area contributed by atoms with Crippen molar-refractivity contribution in [1.82, 2.24) is 19.9 Å². The van der Waals surface area contributed by atoms with E-state index in [0.717, 1.165) is 24.9 Å². The van der Waals surface area contributed by atoms with Gasteiger partial charge < -0.3 is 10.2 Å². The average Bonchev–Trinajstić information content (AvgIpc) is 2.47. The maximum atomic E-state index is 12.2. The van der Waals surface area contributed by atoms with Gasteiger partial charge >= 0.3 is 0 Å². The third kappa shape index (κ3) is 4.47. The minimum absolute atomic E-state index is 0.0841. The number of pyridine rings is 1. The van der Waals surface area contributed by atoms with Gasteiger partial charge in [-0.15, -0.1) is 0 Å². The summed E-state index contributed by atoms with van der Waals surface area (Å²) in [4.78, 5) is 6.27. The lowest BCUT2D eigenvalue weighted by Crippen LogP contribution is -2.44. The molecule has 2 N–H and O–H groups in total. The third-order valence-electron chi connectivity index (χ3n) is 3.88. The van der Waals surface area contributed by atoms with E-state index in [1.165, 1.54) is 6.42 Å². The summed E-state index contributed by atoms with van der Waals surface area (Å²) in [7, 11) is 0.362. The molecule has 0 aromatic carbocycles. The minimum Gasteiger partial charge on any atom is -0.316 e. The van der Waals surface area contributed by atoms with Gasteiger partial charge in [0.05, 0.1) is 0 Å². The quantitative estimate of drug-likeness (QED) is 0.803. The van der Waals surface area contributed by atoms with Crippen molar-refractivity contribution in [2.24, 2.45) is 0 Å². The lowest BCUT2D eigenvalue weighted by atomic mass is 10.0. The Kier molecular flexibility index (Phi) is 5.69. The molecule has 1 aliphatic rings. The molecule has 1 saturated heterocycles. The number of rotatable bonds is 6. The van der Waals surface area contributed by atoms with E-state index in [-0.39, 0.29) is 11.1 Å². The maximum Gasteiger partial charge on any atom is 0.258 e. The summed E-state index contributed by atoms with van der Waals surface area (Å²) in [5, 5.41) is 3.09. The summed E-state index contributed by atoms with van der Waals surface area (Å²) >= 11 is 0. The number of nitrogens with zero attached hydrogens (tertiary/aromatic N) is 2. The predicted octanol–water partition coefficient (Wildman–Crippen LogP) is 0.564. The van der Waals surface area contributed by atoms with Crippen molar-refractivity contribution in [3.8, 4) is 0 Å². The molecule has 0 bridgehead atoms. The number of hydrogen-bond acceptors (Lipinski definition) is 5. The highest BCUT2D eigenvalue weighted by Gasteiger charge is 2.22. The van der Waals surface area contributed by atoms with Crippen molar-refractivity contribution in [3.05, 3.63) is 23.9 Å². The summed E-state index contributed by atoms with van der Waals surface area (Å²) in [6, 6.07) is 3.61. The van der Waals surface area contributed by atoms with Gasteiger partial charge in [0.1, 0.15) is 0 Å². The van der Waals surface area contributed by atoms with Crippen LogP contribution in [0.5, 0.6) is 0 Å². The van der Waals surface area contributed by atoms with E-state index >= 15 is 0 Å². The van der Waals surface area contributed by atoms with Crippen LogP contribution in [0.2, 0.25) is 0 Å². The largest absolute Gasteiger partial charge is 0.316 e. The van der Waals surface area contributed by atoms with Gasteiger partial charge in [-0.1, -0.05) is 12.5 Å². The molecule has 0 radical (unpaired) electrons. The van der Waals surface area contributed by atoms with Crippen molar-refractivity contribution in [3.63, 3.8) is 0 Å². The fourth-order valence-electron chi connectivity index (χ4n) is 2.56. The van der Waals surface area contributed by atoms with Crippen molar-refractivity contribution >= 4 is 10.0 Å². The van der Waals surface area contributed by atoms with Crippen molar-refractivity contribution in [2.75, 3.05) is 27.2 Å². The Morgan fingerprint density at radius 1 is 1.38 bits per heavy atom. The lowest BCUT2D eigenvalue weighted by Gasteiger charge is -2.32. The third-order valence-corrected chi connectivity index (χ3v) is 5.22. The first-order valence-corrected chi connectivity index (χ1v) is 8.80. The Morgan fingerprint density at radius 2 is 2.19 bits per heavy atom. The topological polar surface area (TPSA) is 74.3 Å². The molecule has 21 heavy (non-hydrogen) atoms. The number of sulfonamides is 1. The van der Waals surface area contributed by atoms with E-state index in [2.05, 4.69) is 19.9 Å². The molecule has 0 saturated carbocycles. The molecule has 0 spiro atoms. The highest BCUT2D eigenvalue weighted by atomic mass is 32.2. The molecule has 7 heteroatoms. The van der Waals surface area contributed by atoms with Crippen molar-refractivity contribution in [1.29, 1.82) is 0 Å². The molecule has 1 aromatic rings. The lowest BCUT2D eigenvalue weighted by molar-refractivity contribution is 0.187. The van der Waals surface area contributed by atoms with Gasteiger partial charge in [0, 0.05) is 25.3 Å². The number of aromatic nitrogens is 1. The molecule has 1 atom stereocenters. The van der Waals surface area contributed by atoms with Crippen LogP contribution in [0.1, 0.15) is 24.8 Å². The first-order valence-electron chi connectivity index (χ1n) is 7.32. The Balaban J connectivity index is 1.97. The number of hydrogen-bond donors (Lipinski definition) is 2. The highest BCUT2D eigenvalue weighted by Crippen LogP contribution is 2.15. The summed E-state index contributed by atoms with van der Waals surface area (Å²) in [6.45, 7) is 2.15. The summed E-state index contributed by atoms with van der Waals surface area (Å²) in [5.74, 6) is 0. The van der Waals surface area contributed by atoms with Crippen molar-refractivity contribution < 1.29 is 8.42 Å². The normalized spacial score (nSPS) is 20.6. The second kappa shape index (κ2) is 7.31. The molecule has 2 heterocycles. The second-order valence-corrected chi connectivity index (χ2v) is 7.23. The monoisotopic (exact) mass is 312 g/mol. The molecule has 1 unspecified atom stereocenters. The van der Waals surface area contributed by atoms with E-state index in [0.29, 0.717) is 13.1 Å². The first-order chi connectivity index (χ1) is 10.0. The molecule has 1 fully saturated rings. The number of likely N-dealkylation sites (tertiary alicyclic amines) is 1. The zero-order chi connectivity index (χ0) is 15.3. The number of nitrogens with one attached hydrogen (secondary N) is 2. The Hall–Kier alpha value is -1.02. The first kappa shape index (κ1) is 16.4. The molecule has 1 aromatic heterocycles. The van der Waals surface area contributed by atoms with Crippen LogP contribution >= 0.6 is 0 Å². The van der Waals surface area contributed by atoms with Crippen molar-refractivity contribution in [2.45, 2.75) is 36.9 Å². The summed E-state index contributed by atoms with van der Waals surface area (Å²) < 4.78 is 27.2. The fourth-order valence-corrected chi connectivity index (χ4v) is 3.56. The highest BCUT2D eigenvalue weighted by molar-refractivity contribution is 7.89. The smallest absolute Gasteiger partial charge is 0.258 e. The van der Waals surface area contributed by atoms with Crippen LogP contribution in [-0.2, 0) is 16.6 Å². The molecule has 118 valence electrons. The Labute approximate surface area is 127 Å².